The Morgan fingerprint density at radius 1 is 0.879 bits per heavy atom. The molecule has 33 heavy (non-hydrogen) atoms. The number of methoxy groups -OCH3 is 2. The average Bonchev–Trinajstić information content (AvgIpc) is 3.68. The maximum Gasteiger partial charge on any atom is 0.251 e. The Kier molecular flexibility index (Phi) is 7.63. The van der Waals surface area contributed by atoms with Crippen LogP contribution in [-0.4, -0.2) is 39.4 Å². The highest BCUT2D eigenvalue weighted by Crippen LogP contribution is 2.38. The van der Waals surface area contributed by atoms with Gasteiger partial charge >= 0.3 is 0 Å². The van der Waals surface area contributed by atoms with Crippen LogP contribution in [0.15, 0.2) is 36.4 Å². The second-order valence-electron chi connectivity index (χ2n) is 8.93. The lowest BCUT2D eigenvalue weighted by Gasteiger charge is -2.33. The van der Waals surface area contributed by atoms with Crippen LogP contribution in [-0.2, 0) is 0 Å². The van der Waals surface area contributed by atoms with Crippen molar-refractivity contribution in [3.05, 3.63) is 47.5 Å². The first-order valence-electron chi connectivity index (χ1n) is 12.0. The van der Waals surface area contributed by atoms with E-state index in [2.05, 4.69) is 11.4 Å². The molecular weight excluding hydrogens is 418 g/mol. The molecule has 1 N–H and O–H groups in total. The fraction of sp³-hybridized carbons (Fsp3) is 0.519. The van der Waals surface area contributed by atoms with Crippen molar-refractivity contribution in [2.75, 3.05) is 27.4 Å². The maximum atomic E-state index is 13.2. The zero-order chi connectivity index (χ0) is 23.2. The molecule has 6 nitrogen and oxygen atoms in total. The molecule has 0 saturated heterocycles. The number of carbonyl (C=O) groups is 1. The van der Waals surface area contributed by atoms with E-state index in [1.807, 2.05) is 37.3 Å². The predicted octanol–water partition coefficient (Wildman–Crippen LogP) is 5.35. The van der Waals surface area contributed by atoms with Crippen LogP contribution in [0.4, 0.5) is 0 Å². The Morgan fingerprint density at radius 3 is 2.36 bits per heavy atom. The van der Waals surface area contributed by atoms with E-state index in [9.17, 15) is 4.79 Å². The van der Waals surface area contributed by atoms with Crippen molar-refractivity contribution in [3.8, 4) is 23.0 Å². The van der Waals surface area contributed by atoms with Crippen LogP contribution in [0.1, 0.15) is 67.3 Å². The van der Waals surface area contributed by atoms with Crippen LogP contribution in [0.2, 0.25) is 0 Å². The summed E-state index contributed by atoms with van der Waals surface area (Å²) in [6, 6.07) is 11.6. The lowest BCUT2D eigenvalue weighted by atomic mass is 9.79. The summed E-state index contributed by atoms with van der Waals surface area (Å²) in [4.78, 5) is 13.2. The monoisotopic (exact) mass is 453 g/mol. The second kappa shape index (κ2) is 10.8. The third-order valence-electron chi connectivity index (χ3n) is 6.60. The van der Waals surface area contributed by atoms with E-state index in [0.717, 1.165) is 37.0 Å². The van der Waals surface area contributed by atoms with Gasteiger partial charge in [-0.2, -0.15) is 0 Å². The summed E-state index contributed by atoms with van der Waals surface area (Å²) >= 11 is 0. The number of rotatable bonds is 10. The van der Waals surface area contributed by atoms with Crippen molar-refractivity contribution < 1.29 is 23.7 Å². The van der Waals surface area contributed by atoms with E-state index >= 15 is 0 Å². The zero-order valence-electron chi connectivity index (χ0n) is 19.9. The normalized spacial score (nSPS) is 20.1. The molecule has 0 aromatic heterocycles. The number of benzene rings is 2. The van der Waals surface area contributed by atoms with Crippen LogP contribution in [0.5, 0.6) is 23.0 Å². The molecule has 2 aliphatic carbocycles. The number of amides is 1. The summed E-state index contributed by atoms with van der Waals surface area (Å²) in [6.45, 7) is 3.18. The quantitative estimate of drug-likeness (QED) is 0.525. The van der Waals surface area contributed by atoms with Gasteiger partial charge in [-0.15, -0.1) is 0 Å². The summed E-state index contributed by atoms with van der Waals surface area (Å²) in [5.41, 5.74) is 1.76. The fourth-order valence-electron chi connectivity index (χ4n) is 4.57. The lowest BCUT2D eigenvalue weighted by molar-refractivity contribution is 0.0920. The number of carbonyl (C=O) groups excluding carboxylic acids is 1. The van der Waals surface area contributed by atoms with E-state index in [-0.39, 0.29) is 17.9 Å². The molecule has 4 rings (SSSR count). The molecule has 2 atom stereocenters. The smallest absolute Gasteiger partial charge is 0.251 e. The van der Waals surface area contributed by atoms with E-state index in [0.29, 0.717) is 41.9 Å². The lowest BCUT2D eigenvalue weighted by Crippen LogP contribution is -2.41. The van der Waals surface area contributed by atoms with Crippen molar-refractivity contribution in [1.82, 2.24) is 5.32 Å². The largest absolute Gasteiger partial charge is 0.493 e. The first-order chi connectivity index (χ1) is 16.1. The number of nitrogens with one attached hydrogen (secondary N) is 1. The van der Waals surface area contributed by atoms with Gasteiger partial charge < -0.3 is 24.3 Å². The zero-order valence-corrected chi connectivity index (χ0v) is 19.9. The van der Waals surface area contributed by atoms with Gasteiger partial charge in [-0.25, -0.2) is 0 Å². The third-order valence-corrected chi connectivity index (χ3v) is 6.60. The van der Waals surface area contributed by atoms with Gasteiger partial charge in [-0.05, 0) is 74.4 Å². The molecule has 0 aliphatic heterocycles. The average molecular weight is 454 g/mol. The van der Waals surface area contributed by atoms with Crippen LogP contribution >= 0.6 is 0 Å². The molecule has 0 bridgehead atoms. The molecule has 0 radical (unpaired) electrons. The van der Waals surface area contributed by atoms with Gasteiger partial charge in [-0.3, -0.25) is 4.79 Å². The summed E-state index contributed by atoms with van der Waals surface area (Å²) in [5.74, 6) is 3.55. The highest BCUT2D eigenvalue weighted by molar-refractivity contribution is 5.95. The summed E-state index contributed by atoms with van der Waals surface area (Å²) in [7, 11) is 3.29. The number of ether oxygens (including phenoxy) is 4. The molecule has 2 saturated carbocycles. The van der Waals surface area contributed by atoms with E-state index < -0.39 is 0 Å². The number of hydrogen-bond acceptors (Lipinski definition) is 5. The van der Waals surface area contributed by atoms with Gasteiger partial charge in [0.15, 0.2) is 23.0 Å². The maximum absolute atomic E-state index is 13.2. The van der Waals surface area contributed by atoms with E-state index in [1.54, 1.807) is 14.2 Å². The van der Waals surface area contributed by atoms with Crippen LogP contribution < -0.4 is 24.3 Å². The molecule has 0 spiro atoms. The Hall–Kier alpha value is -2.89. The van der Waals surface area contributed by atoms with Crippen molar-refractivity contribution >= 4 is 5.91 Å². The SMILES string of the molecule is CCOc1ccc(C(=O)NC2CCCCC2c2ccc(OC)c(OC)c2)cc1OCC1CC1. The van der Waals surface area contributed by atoms with Gasteiger partial charge in [0.25, 0.3) is 5.91 Å². The molecule has 2 aliphatic rings. The van der Waals surface area contributed by atoms with E-state index in [1.165, 1.54) is 12.8 Å². The molecule has 2 unspecified atom stereocenters. The standard InChI is InChI=1S/C27H35NO5/c1-4-32-24-14-12-20(16-26(24)33-17-18-9-10-18)27(29)28-22-8-6-5-7-21(22)19-11-13-23(30-2)25(15-19)31-3/h11-16,18,21-22H,4-10,17H2,1-3H3,(H,28,29). The van der Waals surface area contributed by atoms with Crippen LogP contribution in [0.25, 0.3) is 0 Å². The molecule has 2 aromatic rings. The van der Waals surface area contributed by atoms with Crippen molar-refractivity contribution in [2.24, 2.45) is 5.92 Å². The van der Waals surface area contributed by atoms with Gasteiger partial charge in [0.05, 0.1) is 27.4 Å². The minimum Gasteiger partial charge on any atom is -0.493 e. The molecule has 6 heteroatoms. The van der Waals surface area contributed by atoms with Crippen LogP contribution in [0, 0.1) is 5.92 Å². The van der Waals surface area contributed by atoms with Crippen molar-refractivity contribution in [1.29, 1.82) is 0 Å². The predicted molar refractivity (Wildman–Crippen MR) is 128 cm³/mol. The molecule has 2 aromatic carbocycles. The summed E-state index contributed by atoms with van der Waals surface area (Å²) in [5, 5.41) is 3.30. The first kappa shape index (κ1) is 23.3. The third kappa shape index (κ3) is 5.73. The Bertz CT molecular complexity index is 956. The van der Waals surface area contributed by atoms with Gasteiger partial charge in [0.1, 0.15) is 0 Å². The molecular formula is C27H35NO5. The highest BCUT2D eigenvalue weighted by Gasteiger charge is 2.29. The fourth-order valence-corrected chi connectivity index (χ4v) is 4.57. The Labute approximate surface area is 196 Å². The minimum atomic E-state index is -0.0771. The minimum absolute atomic E-state index is 0.0618. The topological polar surface area (TPSA) is 66.0 Å². The Morgan fingerprint density at radius 2 is 1.64 bits per heavy atom. The van der Waals surface area contributed by atoms with E-state index in [4.69, 9.17) is 18.9 Å². The molecule has 0 heterocycles. The number of hydrogen-bond donors (Lipinski definition) is 1. The highest BCUT2D eigenvalue weighted by atomic mass is 16.5. The van der Waals surface area contributed by atoms with Gasteiger partial charge in [0.2, 0.25) is 0 Å². The molecule has 178 valence electrons. The van der Waals surface area contributed by atoms with Crippen molar-refractivity contribution in [2.45, 2.75) is 57.4 Å². The molecule has 2 fully saturated rings. The first-order valence-corrected chi connectivity index (χ1v) is 12.0. The van der Waals surface area contributed by atoms with Gasteiger partial charge in [-0.1, -0.05) is 18.9 Å². The van der Waals surface area contributed by atoms with Crippen molar-refractivity contribution in [3.63, 3.8) is 0 Å². The molecule has 1 amide bonds. The summed E-state index contributed by atoms with van der Waals surface area (Å²) < 4.78 is 22.6. The van der Waals surface area contributed by atoms with Gasteiger partial charge in [0, 0.05) is 17.5 Å². The summed E-state index contributed by atoms with van der Waals surface area (Å²) in [6.07, 6.45) is 6.65. The Balaban J connectivity index is 1.50. The van der Waals surface area contributed by atoms with Crippen LogP contribution in [0.3, 0.4) is 0 Å². The second-order valence-corrected chi connectivity index (χ2v) is 8.93.